The maximum Gasteiger partial charge on any atom is 0.313 e. The molecule has 0 spiro atoms. The van der Waals surface area contributed by atoms with Gasteiger partial charge in [-0.3, -0.25) is 14.4 Å². The third-order valence-electron chi connectivity index (χ3n) is 3.00. The van der Waals surface area contributed by atoms with Crippen molar-refractivity contribution in [1.29, 1.82) is 0 Å². The van der Waals surface area contributed by atoms with Crippen LogP contribution in [0.5, 0.6) is 0 Å². The van der Waals surface area contributed by atoms with Gasteiger partial charge in [0.15, 0.2) is 0 Å². The van der Waals surface area contributed by atoms with E-state index in [4.69, 9.17) is 15.3 Å². The van der Waals surface area contributed by atoms with Gasteiger partial charge in [-0.05, 0) is 6.42 Å². The van der Waals surface area contributed by atoms with Crippen molar-refractivity contribution in [1.82, 2.24) is 0 Å². The summed E-state index contributed by atoms with van der Waals surface area (Å²) < 4.78 is -1.49. The number of carbonyl (C=O) groups is 3. The van der Waals surface area contributed by atoms with Crippen LogP contribution in [-0.4, -0.2) is 89.0 Å². The van der Waals surface area contributed by atoms with Crippen molar-refractivity contribution in [3.8, 4) is 0 Å². The van der Waals surface area contributed by atoms with Crippen LogP contribution >= 0.6 is 35.3 Å². The standard InChI is InChI=1S/C12H20O9S3/c13-2-1-11(6-14,7-15)12(22-3-8(16)17,23-4-9(18)19)24-5-10(20)21/h13-15H,1-7H2,(H,16,17)(H,18,19)(H,20,21). The van der Waals surface area contributed by atoms with Crippen molar-refractivity contribution >= 4 is 53.2 Å². The van der Waals surface area contributed by atoms with Crippen molar-refractivity contribution in [3.05, 3.63) is 0 Å². The summed E-state index contributed by atoms with van der Waals surface area (Å²) in [5.74, 6) is -5.13. The minimum Gasteiger partial charge on any atom is -0.481 e. The Morgan fingerprint density at radius 1 is 0.708 bits per heavy atom. The van der Waals surface area contributed by atoms with Gasteiger partial charge in [-0.15, -0.1) is 35.3 Å². The second kappa shape index (κ2) is 11.1. The molecule has 0 aliphatic carbocycles. The van der Waals surface area contributed by atoms with Crippen LogP contribution in [-0.2, 0) is 14.4 Å². The highest BCUT2D eigenvalue weighted by Crippen LogP contribution is 2.59. The molecule has 24 heavy (non-hydrogen) atoms. The van der Waals surface area contributed by atoms with Crippen LogP contribution < -0.4 is 0 Å². The maximum absolute atomic E-state index is 10.9. The van der Waals surface area contributed by atoms with E-state index in [9.17, 15) is 29.7 Å². The molecular formula is C12H20O9S3. The number of carboxylic acids is 3. The quantitative estimate of drug-likeness (QED) is 0.204. The molecule has 0 amide bonds. The molecule has 0 saturated heterocycles. The normalized spacial score (nSPS) is 12.1. The molecule has 140 valence electrons. The smallest absolute Gasteiger partial charge is 0.313 e. The Kier molecular flexibility index (Phi) is 10.7. The van der Waals surface area contributed by atoms with Gasteiger partial charge in [0, 0.05) is 6.61 Å². The highest BCUT2D eigenvalue weighted by atomic mass is 32.3. The van der Waals surface area contributed by atoms with Crippen molar-refractivity contribution in [2.45, 2.75) is 9.83 Å². The van der Waals surface area contributed by atoms with E-state index < -0.39 is 63.8 Å². The van der Waals surface area contributed by atoms with Crippen LogP contribution in [0.4, 0.5) is 0 Å². The van der Waals surface area contributed by atoms with Crippen molar-refractivity contribution < 1.29 is 45.0 Å². The number of hydrogen-bond donors (Lipinski definition) is 6. The number of aliphatic hydroxyl groups is 3. The van der Waals surface area contributed by atoms with Crippen molar-refractivity contribution in [2.75, 3.05) is 37.1 Å². The number of rotatable bonds is 14. The summed E-state index contributed by atoms with van der Waals surface area (Å²) in [5, 5.41) is 55.6. The Balaban J connectivity index is 5.90. The van der Waals surface area contributed by atoms with Gasteiger partial charge in [-0.25, -0.2) is 0 Å². The molecule has 0 heterocycles. The number of hydrogen-bond acceptors (Lipinski definition) is 9. The molecular weight excluding hydrogens is 384 g/mol. The molecule has 0 aromatic heterocycles. The number of aliphatic carboxylic acids is 3. The summed E-state index contributed by atoms with van der Waals surface area (Å²) in [6.45, 7) is -1.83. The molecule has 0 aliphatic heterocycles. The molecule has 0 rings (SSSR count). The molecule has 0 aliphatic rings. The van der Waals surface area contributed by atoms with Crippen LogP contribution in [0, 0.1) is 5.41 Å². The Hall–Kier alpha value is -0.660. The van der Waals surface area contributed by atoms with E-state index in [0.717, 1.165) is 35.3 Å². The van der Waals surface area contributed by atoms with Crippen LogP contribution in [0.2, 0.25) is 0 Å². The summed E-state index contributed by atoms with van der Waals surface area (Å²) in [7, 11) is 0. The molecule has 0 radical (unpaired) electrons. The number of carboxylic acid groups (broad SMARTS) is 3. The Morgan fingerprint density at radius 2 is 1.04 bits per heavy atom. The average Bonchev–Trinajstić information content (AvgIpc) is 2.52. The Bertz CT molecular complexity index is 394. The van der Waals surface area contributed by atoms with E-state index >= 15 is 0 Å². The van der Waals surface area contributed by atoms with Gasteiger partial charge >= 0.3 is 17.9 Å². The number of aliphatic hydroxyl groups excluding tert-OH is 3. The second-order valence-electron chi connectivity index (χ2n) is 4.67. The van der Waals surface area contributed by atoms with Gasteiger partial charge in [-0.2, -0.15) is 0 Å². The molecule has 6 N–H and O–H groups in total. The second-order valence-corrected chi connectivity index (χ2v) is 9.02. The molecule has 0 aromatic carbocycles. The monoisotopic (exact) mass is 404 g/mol. The minimum absolute atomic E-state index is 0.161. The van der Waals surface area contributed by atoms with E-state index in [1.54, 1.807) is 0 Å². The fourth-order valence-corrected chi connectivity index (χ4v) is 6.44. The zero-order valence-electron chi connectivity index (χ0n) is 12.6. The van der Waals surface area contributed by atoms with Crippen LogP contribution in [0.1, 0.15) is 6.42 Å². The van der Waals surface area contributed by atoms with Gasteiger partial charge < -0.3 is 30.6 Å². The van der Waals surface area contributed by atoms with Gasteiger partial charge in [0.1, 0.15) is 3.41 Å². The summed E-state index contributed by atoms with van der Waals surface area (Å²) >= 11 is 2.18. The molecule has 0 bridgehead atoms. The average molecular weight is 404 g/mol. The molecule has 12 heteroatoms. The highest BCUT2D eigenvalue weighted by molar-refractivity contribution is 8.34. The predicted octanol–water partition coefficient (Wildman–Crippen LogP) is -0.553. The Morgan fingerprint density at radius 3 is 1.25 bits per heavy atom. The summed E-state index contributed by atoms with van der Waals surface area (Å²) in [6.07, 6.45) is -0.161. The number of thioether (sulfide) groups is 3. The van der Waals surface area contributed by atoms with E-state index in [1.807, 2.05) is 0 Å². The minimum atomic E-state index is -1.49. The molecule has 0 fully saturated rings. The maximum atomic E-state index is 10.9. The summed E-state index contributed by atoms with van der Waals surface area (Å²) in [6, 6.07) is 0. The fourth-order valence-electron chi connectivity index (χ4n) is 1.82. The van der Waals surface area contributed by atoms with Gasteiger partial charge in [-0.1, -0.05) is 0 Å². The SMILES string of the molecule is O=C(O)CSC(SCC(=O)O)(SCC(=O)O)C(CO)(CO)CCO. The van der Waals surface area contributed by atoms with E-state index in [0.29, 0.717) is 0 Å². The Labute approximate surface area is 150 Å². The van der Waals surface area contributed by atoms with Gasteiger partial charge in [0.05, 0.1) is 35.9 Å². The molecule has 0 saturated carbocycles. The van der Waals surface area contributed by atoms with E-state index in [-0.39, 0.29) is 6.42 Å². The molecule has 0 unspecified atom stereocenters. The van der Waals surface area contributed by atoms with E-state index in [2.05, 4.69) is 0 Å². The largest absolute Gasteiger partial charge is 0.481 e. The lowest BCUT2D eigenvalue weighted by Gasteiger charge is -2.47. The zero-order valence-corrected chi connectivity index (χ0v) is 15.0. The first-order chi connectivity index (χ1) is 11.2. The van der Waals surface area contributed by atoms with Crippen molar-refractivity contribution in [2.24, 2.45) is 5.41 Å². The third-order valence-corrected chi connectivity index (χ3v) is 8.74. The first-order valence-corrected chi connectivity index (χ1v) is 9.54. The lowest BCUT2D eigenvalue weighted by Crippen LogP contribution is -2.49. The first-order valence-electron chi connectivity index (χ1n) is 6.58. The van der Waals surface area contributed by atoms with Crippen LogP contribution in [0.25, 0.3) is 0 Å². The predicted molar refractivity (Wildman–Crippen MR) is 91.3 cm³/mol. The van der Waals surface area contributed by atoms with Crippen LogP contribution in [0.3, 0.4) is 0 Å². The zero-order chi connectivity index (χ0) is 18.8. The molecule has 0 aromatic rings. The van der Waals surface area contributed by atoms with Gasteiger partial charge in [0.25, 0.3) is 0 Å². The third kappa shape index (κ3) is 6.69. The van der Waals surface area contributed by atoms with Crippen molar-refractivity contribution in [3.63, 3.8) is 0 Å². The highest BCUT2D eigenvalue weighted by Gasteiger charge is 2.53. The lowest BCUT2D eigenvalue weighted by atomic mass is 9.88. The fraction of sp³-hybridized carbons (Fsp3) is 0.750. The van der Waals surface area contributed by atoms with Gasteiger partial charge in [0.2, 0.25) is 0 Å². The molecule has 9 nitrogen and oxygen atoms in total. The lowest BCUT2D eigenvalue weighted by molar-refractivity contribution is -0.134. The first kappa shape index (κ1) is 23.3. The topological polar surface area (TPSA) is 173 Å². The molecule has 0 atom stereocenters. The van der Waals surface area contributed by atoms with E-state index in [1.165, 1.54) is 0 Å². The summed E-state index contributed by atoms with van der Waals surface area (Å²) in [5.41, 5.74) is -1.48. The summed E-state index contributed by atoms with van der Waals surface area (Å²) in [4.78, 5) is 32.8. The van der Waals surface area contributed by atoms with Crippen LogP contribution in [0.15, 0.2) is 0 Å².